The van der Waals surface area contributed by atoms with Crippen LogP contribution in [0, 0.1) is 13.0 Å². The van der Waals surface area contributed by atoms with Crippen molar-refractivity contribution in [2.75, 3.05) is 11.9 Å². The van der Waals surface area contributed by atoms with Gasteiger partial charge in [0, 0.05) is 12.7 Å². The number of halogens is 1. The fourth-order valence-electron chi connectivity index (χ4n) is 1.56. The molecule has 0 aliphatic rings. The number of benzene rings is 2. The summed E-state index contributed by atoms with van der Waals surface area (Å²) >= 11 is 0. The van der Waals surface area contributed by atoms with Crippen LogP contribution in [-0.4, -0.2) is 30.1 Å². The second-order valence-electron chi connectivity index (χ2n) is 3.61. The monoisotopic (exact) mass is 299 g/mol. The molecule has 0 radical (unpaired) electrons. The number of nitrogens with zero attached hydrogens (tertiary/aromatic N) is 1. The first-order valence-electron chi connectivity index (χ1n) is 5.05. The van der Waals surface area contributed by atoms with Gasteiger partial charge in [-0.15, -0.1) is 6.07 Å². The third kappa shape index (κ3) is 4.34. The predicted molar refractivity (Wildman–Crippen MR) is 70.3 cm³/mol. The second kappa shape index (κ2) is 7.74. The number of para-hydroxylation sites is 1. The smallest absolute Gasteiger partial charge is 1.00 e. The third-order valence-corrected chi connectivity index (χ3v) is 2.43. The van der Waals surface area contributed by atoms with Gasteiger partial charge in [-0.2, -0.15) is 23.8 Å². The largest absolute Gasteiger partial charge is 2.00 e. The average Bonchev–Trinajstić information content (AvgIpc) is 2.29. The number of rotatable bonds is 2. The average molecular weight is 300 g/mol. The zero-order valence-corrected chi connectivity index (χ0v) is 13.2. The van der Waals surface area contributed by atoms with E-state index < -0.39 is 0 Å². The summed E-state index contributed by atoms with van der Waals surface area (Å²) in [6, 6.07) is 19.8. The fraction of sp³-hybridized carbons (Fsp3) is 0.143. The van der Waals surface area contributed by atoms with E-state index in [0.29, 0.717) is 0 Å². The number of hydrogen-bond donors (Lipinski definition) is 0. The molecule has 0 amide bonds. The minimum atomic E-state index is 0. The summed E-state index contributed by atoms with van der Waals surface area (Å²) in [7, 11) is 2.06. The summed E-state index contributed by atoms with van der Waals surface area (Å²) in [6.45, 7) is 2.06. The van der Waals surface area contributed by atoms with Crippen molar-refractivity contribution in [3.8, 4) is 0 Å². The third-order valence-electron chi connectivity index (χ3n) is 2.43. The Morgan fingerprint density at radius 3 is 2.18 bits per heavy atom. The molecule has 0 bridgehead atoms. The van der Waals surface area contributed by atoms with Crippen LogP contribution in [0.25, 0.3) is 0 Å². The van der Waals surface area contributed by atoms with E-state index in [-0.39, 0.29) is 40.0 Å². The van der Waals surface area contributed by atoms with Crippen LogP contribution in [0.4, 0.5) is 11.4 Å². The van der Waals surface area contributed by atoms with E-state index in [1.807, 2.05) is 18.2 Å². The van der Waals surface area contributed by atoms with Crippen LogP contribution < -0.4 is 21.9 Å². The molecular formula is C14H14BrMgN. The summed E-state index contributed by atoms with van der Waals surface area (Å²) in [6.07, 6.45) is 0. The summed E-state index contributed by atoms with van der Waals surface area (Å²) < 4.78 is 0. The number of anilines is 2. The Morgan fingerprint density at radius 1 is 0.941 bits per heavy atom. The first kappa shape index (κ1) is 16.5. The van der Waals surface area contributed by atoms with Gasteiger partial charge in [-0.3, -0.25) is 0 Å². The summed E-state index contributed by atoms with van der Waals surface area (Å²) in [5, 5.41) is 0. The van der Waals surface area contributed by atoms with Crippen LogP contribution in [-0.2, 0) is 0 Å². The maximum atomic E-state index is 3.33. The van der Waals surface area contributed by atoms with Crippen LogP contribution >= 0.6 is 0 Å². The van der Waals surface area contributed by atoms with E-state index in [1.54, 1.807) is 0 Å². The van der Waals surface area contributed by atoms with Gasteiger partial charge >= 0.3 is 23.1 Å². The zero-order chi connectivity index (χ0) is 10.7. The van der Waals surface area contributed by atoms with Gasteiger partial charge in [0.1, 0.15) is 0 Å². The number of aryl methyl sites for hydroxylation is 1. The second-order valence-corrected chi connectivity index (χ2v) is 3.61. The molecule has 2 rings (SSSR count). The van der Waals surface area contributed by atoms with Crippen LogP contribution in [0.2, 0.25) is 0 Å². The Labute approximate surface area is 130 Å². The molecule has 0 aromatic heterocycles. The summed E-state index contributed by atoms with van der Waals surface area (Å²) in [4.78, 5) is 2.13. The van der Waals surface area contributed by atoms with Crippen molar-refractivity contribution >= 4 is 34.4 Å². The number of hydrogen-bond acceptors (Lipinski definition) is 1. The SMILES string of the molecule is Cc1[c-]c(N(C)c2ccccc2)ccc1.[Br-].[Mg+2]. The fourth-order valence-corrected chi connectivity index (χ4v) is 1.56. The van der Waals surface area contributed by atoms with Crippen molar-refractivity contribution in [1.82, 2.24) is 0 Å². The van der Waals surface area contributed by atoms with Crippen molar-refractivity contribution in [2.45, 2.75) is 6.92 Å². The topological polar surface area (TPSA) is 3.24 Å². The van der Waals surface area contributed by atoms with E-state index in [2.05, 4.69) is 55.3 Å². The minimum Gasteiger partial charge on any atom is -1.00 e. The summed E-state index contributed by atoms with van der Waals surface area (Å²) in [5.74, 6) is 0. The van der Waals surface area contributed by atoms with Gasteiger partial charge in [0.15, 0.2) is 0 Å². The molecule has 0 heterocycles. The van der Waals surface area contributed by atoms with Gasteiger partial charge in [0.05, 0.1) is 0 Å². The molecule has 0 N–H and O–H groups in total. The van der Waals surface area contributed by atoms with Crippen molar-refractivity contribution in [3.63, 3.8) is 0 Å². The van der Waals surface area contributed by atoms with Gasteiger partial charge in [-0.1, -0.05) is 30.8 Å². The van der Waals surface area contributed by atoms with Gasteiger partial charge < -0.3 is 21.9 Å². The van der Waals surface area contributed by atoms with E-state index in [1.165, 1.54) is 5.69 Å². The molecular weight excluding hydrogens is 286 g/mol. The Morgan fingerprint density at radius 2 is 1.59 bits per heavy atom. The molecule has 0 unspecified atom stereocenters. The maximum Gasteiger partial charge on any atom is 2.00 e. The van der Waals surface area contributed by atoms with E-state index in [9.17, 15) is 0 Å². The molecule has 3 heteroatoms. The van der Waals surface area contributed by atoms with Gasteiger partial charge in [-0.25, -0.2) is 0 Å². The quantitative estimate of drug-likeness (QED) is 0.565. The van der Waals surface area contributed by atoms with Gasteiger partial charge in [-0.05, 0) is 12.1 Å². The van der Waals surface area contributed by atoms with Crippen LogP contribution in [0.5, 0.6) is 0 Å². The summed E-state index contributed by atoms with van der Waals surface area (Å²) in [5.41, 5.74) is 3.44. The molecule has 0 saturated heterocycles. The standard InChI is InChI=1S/C14H14N.BrH.Mg/c1-12-7-6-10-14(11-12)15(2)13-8-4-3-5-9-13;;/h3-10H,1-2H3;1H;/q-1;;+2/p-1. The minimum absolute atomic E-state index is 0. The Hall–Kier alpha value is -0.514. The van der Waals surface area contributed by atoms with Crippen LogP contribution in [0.1, 0.15) is 5.56 Å². The molecule has 2 aromatic carbocycles. The van der Waals surface area contributed by atoms with Crippen molar-refractivity contribution in [2.24, 2.45) is 0 Å². The molecule has 0 aliphatic carbocycles. The molecule has 1 nitrogen and oxygen atoms in total. The van der Waals surface area contributed by atoms with Gasteiger partial charge in [0.25, 0.3) is 0 Å². The van der Waals surface area contributed by atoms with Crippen LogP contribution in [0.3, 0.4) is 0 Å². The maximum absolute atomic E-state index is 3.33. The predicted octanol–water partition coefficient (Wildman–Crippen LogP) is 0.186. The van der Waals surface area contributed by atoms with Crippen molar-refractivity contribution < 1.29 is 17.0 Å². The van der Waals surface area contributed by atoms with Crippen molar-refractivity contribution in [3.05, 3.63) is 60.2 Å². The van der Waals surface area contributed by atoms with E-state index >= 15 is 0 Å². The van der Waals surface area contributed by atoms with Crippen molar-refractivity contribution in [1.29, 1.82) is 0 Å². The molecule has 0 saturated carbocycles. The van der Waals surface area contributed by atoms with Crippen LogP contribution in [0.15, 0.2) is 48.5 Å². The molecule has 17 heavy (non-hydrogen) atoms. The Balaban J connectivity index is 0.00000128. The molecule has 0 fully saturated rings. The first-order chi connectivity index (χ1) is 7.27. The molecule has 0 atom stereocenters. The molecule has 0 aliphatic heterocycles. The Bertz CT molecular complexity index is 445. The first-order valence-corrected chi connectivity index (χ1v) is 5.05. The van der Waals surface area contributed by atoms with Gasteiger partial charge in [0.2, 0.25) is 0 Å². The molecule has 2 aromatic rings. The van der Waals surface area contributed by atoms with E-state index in [4.69, 9.17) is 0 Å². The molecule has 84 valence electrons. The zero-order valence-electron chi connectivity index (χ0n) is 10.2. The van der Waals surface area contributed by atoms with E-state index in [0.717, 1.165) is 11.3 Å². The normalized spacial score (nSPS) is 8.82. The molecule has 0 spiro atoms. The Kier molecular flexibility index (Phi) is 7.51.